The lowest BCUT2D eigenvalue weighted by molar-refractivity contribution is -0.121. The minimum Gasteiger partial charge on any atom is -0.408 e. The number of amides is 1. The summed E-state index contributed by atoms with van der Waals surface area (Å²) in [5, 5.41) is 2.83. The monoisotopic (exact) mass is 403 g/mol. The van der Waals surface area contributed by atoms with Crippen LogP contribution in [0.1, 0.15) is 24.9 Å². The number of hydrogen-bond acceptors (Lipinski definition) is 5. The van der Waals surface area contributed by atoms with E-state index in [4.69, 9.17) is 4.42 Å². The van der Waals surface area contributed by atoms with E-state index >= 15 is 0 Å². The van der Waals surface area contributed by atoms with Crippen LogP contribution in [0.2, 0.25) is 0 Å². The number of nitrogens with zero attached hydrogens (tertiary/aromatic N) is 1. The van der Waals surface area contributed by atoms with Crippen molar-refractivity contribution in [1.29, 1.82) is 0 Å². The molecule has 1 heterocycles. The van der Waals surface area contributed by atoms with Crippen LogP contribution in [-0.4, -0.2) is 25.4 Å². The summed E-state index contributed by atoms with van der Waals surface area (Å²) in [4.78, 5) is 23.6. The van der Waals surface area contributed by atoms with E-state index in [1.807, 2.05) is 37.3 Å². The largest absolute Gasteiger partial charge is 0.419 e. The fourth-order valence-electron chi connectivity index (χ4n) is 2.80. The first-order valence-corrected chi connectivity index (χ1v) is 10.2. The number of fused-ring (bicyclic) bond motifs is 1. The van der Waals surface area contributed by atoms with E-state index in [1.54, 1.807) is 0 Å². The number of aromatic nitrogens is 1. The lowest BCUT2D eigenvalue weighted by Gasteiger charge is -2.14. The standard InChI is InChI=1S/C19H21N3O5S/c1-13(14-6-4-3-5-7-14)21-18(23)10-11-20-28(25,26)15-8-9-16-17(12-15)27-19(24)22(16)2/h3-9,12-13,20H,10-11H2,1-2H3,(H,21,23)/t13-/m1/s1. The molecule has 2 N–H and O–H groups in total. The van der Waals surface area contributed by atoms with Crippen molar-refractivity contribution in [1.82, 2.24) is 14.6 Å². The second-order valence-corrected chi connectivity index (χ2v) is 8.17. The van der Waals surface area contributed by atoms with E-state index in [0.717, 1.165) is 5.56 Å². The van der Waals surface area contributed by atoms with Crippen molar-refractivity contribution in [3.8, 4) is 0 Å². The number of aryl methyl sites for hydroxylation is 1. The Balaban J connectivity index is 1.59. The first kappa shape index (κ1) is 19.8. The van der Waals surface area contributed by atoms with E-state index in [1.165, 1.54) is 29.8 Å². The highest BCUT2D eigenvalue weighted by Gasteiger charge is 2.17. The van der Waals surface area contributed by atoms with Crippen molar-refractivity contribution in [2.24, 2.45) is 7.05 Å². The number of rotatable bonds is 7. The molecule has 28 heavy (non-hydrogen) atoms. The summed E-state index contributed by atoms with van der Waals surface area (Å²) in [5.41, 5.74) is 1.65. The highest BCUT2D eigenvalue weighted by atomic mass is 32.2. The van der Waals surface area contributed by atoms with Gasteiger partial charge in [-0.25, -0.2) is 17.9 Å². The first-order valence-electron chi connectivity index (χ1n) is 8.71. The SMILES string of the molecule is C[C@@H](NC(=O)CCNS(=O)(=O)c1ccc2c(c1)oc(=O)n2C)c1ccccc1. The molecule has 2 aromatic carbocycles. The molecule has 0 unspecified atom stereocenters. The van der Waals surface area contributed by atoms with Gasteiger partial charge in [0.2, 0.25) is 15.9 Å². The number of sulfonamides is 1. The number of oxazole rings is 1. The van der Waals surface area contributed by atoms with Gasteiger partial charge in [-0.05, 0) is 24.6 Å². The van der Waals surface area contributed by atoms with Crippen molar-refractivity contribution in [3.63, 3.8) is 0 Å². The van der Waals surface area contributed by atoms with Gasteiger partial charge < -0.3 is 9.73 Å². The maximum Gasteiger partial charge on any atom is 0.419 e. The quantitative estimate of drug-likeness (QED) is 0.624. The molecule has 0 aliphatic heterocycles. The van der Waals surface area contributed by atoms with Crippen LogP contribution in [0.25, 0.3) is 11.1 Å². The lowest BCUT2D eigenvalue weighted by Crippen LogP contribution is -2.32. The fourth-order valence-corrected chi connectivity index (χ4v) is 3.85. The van der Waals surface area contributed by atoms with Crippen LogP contribution in [-0.2, 0) is 21.9 Å². The average Bonchev–Trinajstić information content (AvgIpc) is 2.95. The highest BCUT2D eigenvalue weighted by Crippen LogP contribution is 2.18. The molecule has 3 rings (SSSR count). The third-order valence-corrected chi connectivity index (χ3v) is 5.85. The molecule has 0 saturated heterocycles. The molecule has 0 aliphatic rings. The second kappa shape index (κ2) is 7.99. The Morgan fingerprint density at radius 3 is 2.61 bits per heavy atom. The predicted molar refractivity (Wildman–Crippen MR) is 104 cm³/mol. The van der Waals surface area contributed by atoms with Gasteiger partial charge in [0.15, 0.2) is 5.58 Å². The molecule has 0 aliphatic carbocycles. The third kappa shape index (κ3) is 4.32. The second-order valence-electron chi connectivity index (χ2n) is 6.40. The Labute approximate surface area is 162 Å². The molecule has 8 nitrogen and oxygen atoms in total. The predicted octanol–water partition coefficient (Wildman–Crippen LogP) is 1.68. The minimum absolute atomic E-state index is 0.000925. The van der Waals surface area contributed by atoms with Crippen LogP contribution in [0.3, 0.4) is 0 Å². The summed E-state index contributed by atoms with van der Waals surface area (Å²) in [7, 11) is -2.30. The maximum atomic E-state index is 12.4. The molecule has 0 spiro atoms. The molecule has 3 aromatic rings. The van der Waals surface area contributed by atoms with Crippen molar-refractivity contribution >= 4 is 27.0 Å². The molecule has 1 atom stereocenters. The summed E-state index contributed by atoms with van der Waals surface area (Å²) in [5.74, 6) is -0.828. The molecule has 1 amide bonds. The molecule has 148 valence electrons. The Hall–Kier alpha value is -2.91. The zero-order valence-corrected chi connectivity index (χ0v) is 16.3. The van der Waals surface area contributed by atoms with Gasteiger partial charge in [-0.1, -0.05) is 30.3 Å². The van der Waals surface area contributed by atoms with E-state index in [-0.39, 0.29) is 35.4 Å². The maximum absolute atomic E-state index is 12.4. The van der Waals surface area contributed by atoms with Gasteiger partial charge in [-0.2, -0.15) is 0 Å². The summed E-state index contributed by atoms with van der Waals surface area (Å²) in [6, 6.07) is 13.5. The zero-order valence-electron chi connectivity index (χ0n) is 15.5. The van der Waals surface area contributed by atoms with Gasteiger partial charge in [0, 0.05) is 26.1 Å². The van der Waals surface area contributed by atoms with Crippen LogP contribution in [0.4, 0.5) is 0 Å². The number of hydrogen-bond donors (Lipinski definition) is 2. The van der Waals surface area contributed by atoms with Gasteiger partial charge >= 0.3 is 5.76 Å². The smallest absolute Gasteiger partial charge is 0.408 e. The molecule has 9 heteroatoms. The van der Waals surface area contributed by atoms with Gasteiger partial charge in [0.25, 0.3) is 0 Å². The third-order valence-electron chi connectivity index (χ3n) is 4.40. The van der Waals surface area contributed by atoms with Gasteiger partial charge in [-0.15, -0.1) is 0 Å². The Morgan fingerprint density at radius 1 is 1.18 bits per heavy atom. The number of benzene rings is 2. The van der Waals surface area contributed by atoms with Gasteiger partial charge in [-0.3, -0.25) is 9.36 Å². The molecule has 0 fully saturated rings. The summed E-state index contributed by atoms with van der Waals surface area (Å²) >= 11 is 0. The van der Waals surface area contributed by atoms with Crippen molar-refractivity contribution in [3.05, 3.63) is 64.6 Å². The van der Waals surface area contributed by atoms with Crippen LogP contribution >= 0.6 is 0 Å². The van der Waals surface area contributed by atoms with Crippen molar-refractivity contribution in [2.45, 2.75) is 24.3 Å². The zero-order chi connectivity index (χ0) is 20.3. The van der Waals surface area contributed by atoms with Crippen molar-refractivity contribution in [2.75, 3.05) is 6.54 Å². The van der Waals surface area contributed by atoms with E-state index in [2.05, 4.69) is 10.0 Å². The normalized spacial score (nSPS) is 12.8. The van der Waals surface area contributed by atoms with E-state index in [0.29, 0.717) is 5.52 Å². The molecular weight excluding hydrogens is 382 g/mol. The Kier molecular flexibility index (Phi) is 5.66. The van der Waals surface area contributed by atoms with E-state index in [9.17, 15) is 18.0 Å². The van der Waals surface area contributed by atoms with Gasteiger partial charge in [0.05, 0.1) is 16.5 Å². The number of nitrogens with one attached hydrogen (secondary N) is 2. The lowest BCUT2D eigenvalue weighted by atomic mass is 10.1. The van der Waals surface area contributed by atoms with E-state index < -0.39 is 15.8 Å². The summed E-state index contributed by atoms with van der Waals surface area (Å²) < 4.78 is 33.5. The minimum atomic E-state index is -3.83. The highest BCUT2D eigenvalue weighted by molar-refractivity contribution is 7.89. The Morgan fingerprint density at radius 2 is 1.89 bits per heavy atom. The molecule has 0 radical (unpaired) electrons. The van der Waals surface area contributed by atoms with Crippen LogP contribution in [0, 0.1) is 0 Å². The average molecular weight is 403 g/mol. The molecular formula is C19H21N3O5S. The molecule has 1 aromatic heterocycles. The van der Waals surface area contributed by atoms with Crippen LogP contribution in [0.15, 0.2) is 62.6 Å². The molecule has 0 bridgehead atoms. The number of carbonyl (C=O) groups excluding carboxylic acids is 1. The Bertz CT molecular complexity index is 1150. The fraction of sp³-hybridized carbons (Fsp3) is 0.263. The summed E-state index contributed by atoms with van der Waals surface area (Å²) in [6.45, 7) is 1.81. The van der Waals surface area contributed by atoms with Crippen LogP contribution in [0.5, 0.6) is 0 Å². The number of carbonyl (C=O) groups is 1. The summed E-state index contributed by atoms with van der Waals surface area (Å²) in [6.07, 6.45) is -0.000925. The van der Waals surface area contributed by atoms with Crippen LogP contribution < -0.4 is 15.8 Å². The van der Waals surface area contributed by atoms with Gasteiger partial charge in [0.1, 0.15) is 0 Å². The molecule has 0 saturated carbocycles. The van der Waals surface area contributed by atoms with Crippen molar-refractivity contribution < 1.29 is 17.6 Å². The first-order chi connectivity index (χ1) is 13.3. The topological polar surface area (TPSA) is 110 Å².